The maximum Gasteiger partial charge on any atom is 0.397 e. The van der Waals surface area contributed by atoms with Crippen molar-refractivity contribution < 1.29 is 42.7 Å². The summed E-state index contributed by atoms with van der Waals surface area (Å²) in [6.45, 7) is 8.21. The summed E-state index contributed by atoms with van der Waals surface area (Å²) >= 11 is 0. The average Bonchev–Trinajstić information content (AvgIpc) is 3.01. The molecule has 4 fully saturated rings. The standard InChI is InChI=1S/C27H48O9S/c1-15(14-28)6-5-7-16(2)21-24(36-37(33,34)35)23(31)22-18-12-20(30)27(32)13-17(29)8-11-26(27,4)19(18)9-10-25(21,22)3/h15-24,28-32H,5-14H2,1-4H3,(H,33,34,35)/t15-,16+,17-,18?,19?,20+,21-,22?,23?,24+,25+,26+,27-/m0/s1. The van der Waals surface area contributed by atoms with Crippen LogP contribution in [0.5, 0.6) is 0 Å². The Morgan fingerprint density at radius 1 is 1.05 bits per heavy atom. The van der Waals surface area contributed by atoms with Gasteiger partial charge in [0.1, 0.15) is 6.10 Å². The number of hydrogen-bond donors (Lipinski definition) is 6. The van der Waals surface area contributed by atoms with Crippen LogP contribution in [0.4, 0.5) is 0 Å². The average molecular weight is 549 g/mol. The predicted octanol–water partition coefficient (Wildman–Crippen LogP) is 2.30. The molecule has 4 aliphatic carbocycles. The van der Waals surface area contributed by atoms with Crippen molar-refractivity contribution >= 4 is 10.4 Å². The molecule has 4 saturated carbocycles. The second-order valence-corrected chi connectivity index (χ2v) is 14.6. The van der Waals surface area contributed by atoms with Gasteiger partial charge in [-0.05, 0) is 79.4 Å². The molecule has 0 spiro atoms. The van der Waals surface area contributed by atoms with E-state index in [1.807, 2.05) is 20.8 Å². The monoisotopic (exact) mass is 548 g/mol. The molecule has 0 heterocycles. The number of aliphatic hydroxyl groups is 5. The molecular formula is C27H48O9S. The third kappa shape index (κ3) is 4.92. The van der Waals surface area contributed by atoms with E-state index in [1.165, 1.54) is 0 Å². The summed E-state index contributed by atoms with van der Waals surface area (Å²) in [5, 5.41) is 54.3. The maximum atomic E-state index is 11.9. The van der Waals surface area contributed by atoms with Crippen molar-refractivity contribution in [2.24, 2.45) is 46.3 Å². The highest BCUT2D eigenvalue weighted by molar-refractivity contribution is 7.80. The van der Waals surface area contributed by atoms with Crippen LogP contribution in [0.1, 0.15) is 85.5 Å². The zero-order chi connectivity index (χ0) is 27.6. The molecule has 6 N–H and O–H groups in total. The van der Waals surface area contributed by atoms with Gasteiger partial charge in [-0.2, -0.15) is 8.42 Å². The zero-order valence-electron chi connectivity index (χ0n) is 22.7. The highest BCUT2D eigenvalue weighted by Gasteiger charge is 2.71. The van der Waals surface area contributed by atoms with Crippen molar-refractivity contribution in [3.63, 3.8) is 0 Å². The molecule has 0 aromatic heterocycles. The van der Waals surface area contributed by atoms with Crippen LogP contribution < -0.4 is 0 Å². The Hall–Kier alpha value is -0.330. The lowest BCUT2D eigenvalue weighted by molar-refractivity contribution is -0.268. The fourth-order valence-corrected chi connectivity index (χ4v) is 10.2. The lowest BCUT2D eigenvalue weighted by atomic mass is 9.42. The van der Waals surface area contributed by atoms with Crippen molar-refractivity contribution in [1.82, 2.24) is 0 Å². The van der Waals surface area contributed by atoms with Crippen molar-refractivity contribution in [2.75, 3.05) is 6.61 Å². The van der Waals surface area contributed by atoms with Gasteiger partial charge in [0, 0.05) is 18.4 Å². The molecule has 0 saturated heterocycles. The van der Waals surface area contributed by atoms with Crippen LogP contribution in [0.2, 0.25) is 0 Å². The SMILES string of the molecule is C[C@H](CO)CCC[C@@H](C)[C@H]1[C@@H](OS(=O)(=O)O)C(O)C2C3C[C@@H](O)[C@@]4(O)C[C@@H](O)CC[C@]4(C)C3CC[C@@]21C. The first kappa shape index (κ1) is 29.6. The molecule has 216 valence electrons. The molecule has 0 aromatic rings. The van der Waals surface area contributed by atoms with Gasteiger partial charge in [0.25, 0.3) is 0 Å². The number of fused-ring (bicyclic) bond motifs is 5. The summed E-state index contributed by atoms with van der Waals surface area (Å²) in [6, 6.07) is 0. The van der Waals surface area contributed by atoms with E-state index in [4.69, 9.17) is 4.18 Å². The first-order valence-electron chi connectivity index (χ1n) is 14.1. The van der Waals surface area contributed by atoms with Crippen LogP contribution in [0.15, 0.2) is 0 Å². The molecule has 4 unspecified atom stereocenters. The van der Waals surface area contributed by atoms with Crippen LogP contribution in [0.3, 0.4) is 0 Å². The second kappa shape index (κ2) is 10.3. The third-order valence-corrected chi connectivity index (χ3v) is 11.9. The van der Waals surface area contributed by atoms with E-state index < -0.39 is 51.2 Å². The highest BCUT2D eigenvalue weighted by Crippen LogP contribution is 2.69. The van der Waals surface area contributed by atoms with Gasteiger partial charge in [-0.3, -0.25) is 4.55 Å². The largest absolute Gasteiger partial charge is 0.397 e. The molecule has 0 radical (unpaired) electrons. The quantitative estimate of drug-likeness (QED) is 0.250. The van der Waals surface area contributed by atoms with Gasteiger partial charge >= 0.3 is 10.4 Å². The number of hydrogen-bond acceptors (Lipinski definition) is 8. The Morgan fingerprint density at radius 3 is 2.35 bits per heavy atom. The topological polar surface area (TPSA) is 165 Å². The number of rotatable bonds is 8. The zero-order valence-corrected chi connectivity index (χ0v) is 23.5. The lowest BCUT2D eigenvalue weighted by Gasteiger charge is -2.65. The van der Waals surface area contributed by atoms with Gasteiger partial charge in [-0.15, -0.1) is 0 Å². The van der Waals surface area contributed by atoms with Gasteiger partial charge in [-0.25, -0.2) is 4.18 Å². The van der Waals surface area contributed by atoms with Crippen LogP contribution in [0.25, 0.3) is 0 Å². The minimum atomic E-state index is -4.81. The molecule has 0 amide bonds. The Bertz CT molecular complexity index is 929. The summed E-state index contributed by atoms with van der Waals surface area (Å²) < 4.78 is 38.6. The van der Waals surface area contributed by atoms with Crippen molar-refractivity contribution in [3.05, 3.63) is 0 Å². The molecule has 0 aromatic carbocycles. The van der Waals surface area contributed by atoms with Crippen molar-refractivity contribution in [2.45, 2.75) is 115 Å². The molecule has 13 atom stereocenters. The summed E-state index contributed by atoms with van der Waals surface area (Å²) in [4.78, 5) is 0. The molecule has 0 bridgehead atoms. The Kier molecular flexibility index (Phi) is 8.21. The molecular weight excluding hydrogens is 500 g/mol. The fourth-order valence-electron chi connectivity index (χ4n) is 9.66. The fraction of sp³-hybridized carbons (Fsp3) is 1.00. The van der Waals surface area contributed by atoms with E-state index in [1.54, 1.807) is 0 Å². The minimum Gasteiger partial charge on any atom is -0.396 e. The smallest absolute Gasteiger partial charge is 0.396 e. The van der Waals surface area contributed by atoms with E-state index in [0.717, 1.165) is 25.7 Å². The van der Waals surface area contributed by atoms with Gasteiger partial charge in [0.15, 0.2) is 0 Å². The molecule has 4 aliphatic rings. The molecule has 0 aliphatic heterocycles. The van der Waals surface area contributed by atoms with Gasteiger partial charge in [0.2, 0.25) is 0 Å². The second-order valence-electron chi connectivity index (χ2n) is 13.5. The Morgan fingerprint density at radius 2 is 1.73 bits per heavy atom. The predicted molar refractivity (Wildman–Crippen MR) is 137 cm³/mol. The highest BCUT2D eigenvalue weighted by atomic mass is 32.3. The van der Waals surface area contributed by atoms with Crippen LogP contribution in [0, 0.1) is 46.3 Å². The molecule has 9 nitrogen and oxygen atoms in total. The minimum absolute atomic E-state index is 0.00744. The van der Waals surface area contributed by atoms with E-state index >= 15 is 0 Å². The summed E-state index contributed by atoms with van der Waals surface area (Å²) in [5.41, 5.74) is -2.54. The maximum absolute atomic E-state index is 11.9. The van der Waals surface area contributed by atoms with Crippen LogP contribution >= 0.6 is 0 Å². The van der Waals surface area contributed by atoms with E-state index in [0.29, 0.717) is 19.3 Å². The third-order valence-electron chi connectivity index (χ3n) is 11.5. The van der Waals surface area contributed by atoms with Gasteiger partial charge in [0.05, 0.1) is 23.9 Å². The molecule has 37 heavy (non-hydrogen) atoms. The number of aliphatic hydroxyl groups excluding tert-OH is 4. The van der Waals surface area contributed by atoms with Crippen LogP contribution in [-0.2, 0) is 14.6 Å². The van der Waals surface area contributed by atoms with E-state index in [9.17, 15) is 38.5 Å². The summed E-state index contributed by atoms with van der Waals surface area (Å²) in [7, 11) is -4.81. The van der Waals surface area contributed by atoms with Gasteiger partial charge < -0.3 is 25.5 Å². The Balaban J connectivity index is 1.68. The van der Waals surface area contributed by atoms with E-state index in [-0.39, 0.29) is 55.0 Å². The summed E-state index contributed by atoms with van der Waals surface area (Å²) in [6.07, 6.45) is 1.40. The summed E-state index contributed by atoms with van der Waals surface area (Å²) in [5.74, 6) is -0.717. The first-order chi connectivity index (χ1) is 17.1. The van der Waals surface area contributed by atoms with Crippen molar-refractivity contribution in [1.29, 1.82) is 0 Å². The first-order valence-corrected chi connectivity index (χ1v) is 15.5. The Labute approximate surface area is 221 Å². The van der Waals surface area contributed by atoms with Crippen LogP contribution in [-0.4, -0.2) is 75.1 Å². The molecule has 4 rings (SSSR count). The lowest BCUT2D eigenvalue weighted by Crippen LogP contribution is -2.69. The normalized spacial score (nSPS) is 49.6. The molecule has 10 heteroatoms. The van der Waals surface area contributed by atoms with Crippen molar-refractivity contribution in [3.8, 4) is 0 Å². The van der Waals surface area contributed by atoms with E-state index in [2.05, 4.69) is 6.92 Å². The van der Waals surface area contributed by atoms with Gasteiger partial charge in [-0.1, -0.05) is 40.5 Å².